The van der Waals surface area contributed by atoms with Gasteiger partial charge in [0.05, 0.1) is 0 Å². The molecule has 0 aliphatic carbocycles. The molecule has 0 spiro atoms. The van der Waals surface area contributed by atoms with Crippen molar-refractivity contribution in [2.75, 3.05) is 13.2 Å². The fourth-order valence-corrected chi connectivity index (χ4v) is 3.15. The monoisotopic (exact) mass is 298 g/mol. The van der Waals surface area contributed by atoms with Crippen molar-refractivity contribution < 1.29 is 44.8 Å². The molecule has 0 radical (unpaired) electrons. The molecule has 2 heterocycles. The first-order chi connectivity index (χ1) is 5.36. The van der Waals surface area contributed by atoms with E-state index in [1.165, 1.54) is 26.7 Å². The molecule has 62 valence electrons. The predicted octanol–water partition coefficient (Wildman–Crippen LogP) is -2.03. The maximum atomic E-state index is 5.35. The first kappa shape index (κ1) is 10.8. The Hall–Kier alpha value is 0.723. The van der Waals surface area contributed by atoms with Crippen LogP contribution in [0.25, 0.3) is 0 Å². The molecule has 0 unspecified atom stereocenters. The summed E-state index contributed by atoms with van der Waals surface area (Å²) >= 11 is 3.01. The molecular weight excluding hydrogens is 293 g/mol. The van der Waals surface area contributed by atoms with E-state index in [0.717, 1.165) is 13.2 Å². The summed E-state index contributed by atoms with van der Waals surface area (Å²) in [5, 5.41) is 0. The van der Waals surface area contributed by atoms with Gasteiger partial charge in [-0.2, -0.15) is 0 Å². The molecule has 12 heavy (non-hydrogen) atoms. The van der Waals surface area contributed by atoms with Crippen LogP contribution in [0.15, 0.2) is 12.1 Å². The standard InChI is InChI=1S/C7H7O2S.BrH.Zn/c1-2-6(10-5-1)7-8-3-4-9-7;;/h1-2,7H,3-4H2;1H;/q;;+1/p-1. The van der Waals surface area contributed by atoms with Crippen LogP contribution in [0.3, 0.4) is 0 Å². The average molecular weight is 300 g/mol. The quantitative estimate of drug-likeness (QED) is 0.557. The fraction of sp³-hybridized carbons (Fsp3) is 0.429. The third-order valence-corrected chi connectivity index (χ3v) is 3.90. The van der Waals surface area contributed by atoms with Crippen molar-refractivity contribution in [3.8, 4) is 0 Å². The number of halogens is 1. The van der Waals surface area contributed by atoms with Crippen LogP contribution in [0, 0.1) is 0 Å². The Balaban J connectivity index is 0.000000720. The Labute approximate surface area is 95.7 Å². The van der Waals surface area contributed by atoms with Crippen LogP contribution in [0.1, 0.15) is 11.2 Å². The molecule has 1 fully saturated rings. The third kappa shape index (κ3) is 2.36. The Bertz CT molecular complexity index is 247. The predicted molar refractivity (Wildman–Crippen MR) is 38.6 cm³/mol. The van der Waals surface area contributed by atoms with Crippen molar-refractivity contribution in [2.24, 2.45) is 0 Å². The van der Waals surface area contributed by atoms with Crippen molar-refractivity contribution in [2.45, 2.75) is 6.29 Å². The van der Waals surface area contributed by atoms with E-state index in [1.807, 2.05) is 0 Å². The molecule has 0 bridgehead atoms. The second-order valence-electron chi connectivity index (χ2n) is 2.38. The van der Waals surface area contributed by atoms with Crippen LogP contribution in [-0.2, 0) is 27.8 Å². The van der Waals surface area contributed by atoms with Gasteiger partial charge in [-0.1, -0.05) is 0 Å². The van der Waals surface area contributed by atoms with Crippen LogP contribution in [0.5, 0.6) is 0 Å². The molecule has 0 atom stereocenters. The van der Waals surface area contributed by atoms with E-state index in [0.29, 0.717) is 0 Å². The summed E-state index contributed by atoms with van der Waals surface area (Å²) in [4.78, 5) is 1.21. The minimum atomic E-state index is -0.0692. The zero-order chi connectivity index (χ0) is 7.68. The molecule has 5 heteroatoms. The van der Waals surface area contributed by atoms with E-state index in [4.69, 9.17) is 9.47 Å². The molecular formula is C7H7BrO2SZn. The molecule has 0 N–H and O–H groups in total. The van der Waals surface area contributed by atoms with Crippen LogP contribution in [-0.4, -0.2) is 13.2 Å². The summed E-state index contributed by atoms with van der Waals surface area (Å²) in [6, 6.07) is 4.24. The van der Waals surface area contributed by atoms with Crippen LogP contribution >= 0.6 is 11.3 Å². The van der Waals surface area contributed by atoms with Gasteiger partial charge in [-0.05, 0) is 0 Å². The molecule has 0 saturated carbocycles. The van der Waals surface area contributed by atoms with Crippen molar-refractivity contribution in [1.29, 1.82) is 0 Å². The SMILES string of the molecule is [Br-].[Zn+][c]1ccc(C2OCCO2)s1. The zero-order valence-corrected chi connectivity index (χ0v) is 11.8. The second kappa shape index (κ2) is 4.82. The molecule has 2 nitrogen and oxygen atoms in total. The average Bonchev–Trinajstić information content (AvgIpc) is 2.55. The van der Waals surface area contributed by atoms with Crippen molar-refractivity contribution in [3.63, 3.8) is 0 Å². The Morgan fingerprint density at radius 2 is 2.00 bits per heavy atom. The first-order valence-electron chi connectivity index (χ1n) is 3.51. The van der Waals surface area contributed by atoms with Crippen LogP contribution in [0.2, 0.25) is 0 Å². The van der Waals surface area contributed by atoms with Gasteiger partial charge in [-0.3, -0.25) is 0 Å². The van der Waals surface area contributed by atoms with Crippen LogP contribution in [0.4, 0.5) is 0 Å². The summed E-state index contributed by atoms with van der Waals surface area (Å²) < 4.78 is 12.1. The molecule has 1 aliphatic rings. The third-order valence-electron chi connectivity index (χ3n) is 1.54. The van der Waals surface area contributed by atoms with E-state index in [1.54, 1.807) is 11.3 Å². The molecule has 1 aromatic heterocycles. The second-order valence-corrected chi connectivity index (χ2v) is 6.25. The van der Waals surface area contributed by atoms with Gasteiger partial charge in [0.15, 0.2) is 0 Å². The van der Waals surface area contributed by atoms with Gasteiger partial charge in [0, 0.05) is 0 Å². The van der Waals surface area contributed by atoms with Gasteiger partial charge in [-0.15, -0.1) is 0 Å². The van der Waals surface area contributed by atoms with E-state index in [9.17, 15) is 0 Å². The van der Waals surface area contributed by atoms with Gasteiger partial charge in [0.2, 0.25) is 0 Å². The topological polar surface area (TPSA) is 18.5 Å². The van der Waals surface area contributed by atoms with Crippen molar-refractivity contribution >= 4 is 14.8 Å². The first-order valence-corrected chi connectivity index (χ1v) is 5.81. The molecule has 1 saturated heterocycles. The number of hydrogen-bond donors (Lipinski definition) is 0. The molecule has 0 amide bonds. The summed E-state index contributed by atoms with van der Waals surface area (Å²) in [6.07, 6.45) is -0.0692. The van der Waals surface area contributed by atoms with E-state index >= 15 is 0 Å². The number of thiophene rings is 1. The minimum absolute atomic E-state index is 0. The Morgan fingerprint density at radius 3 is 2.50 bits per heavy atom. The number of rotatable bonds is 1. The molecule has 1 aliphatic heterocycles. The zero-order valence-electron chi connectivity index (χ0n) is 6.46. The Morgan fingerprint density at radius 1 is 1.33 bits per heavy atom. The van der Waals surface area contributed by atoms with E-state index < -0.39 is 0 Å². The number of hydrogen-bond acceptors (Lipinski definition) is 3. The van der Waals surface area contributed by atoms with Gasteiger partial charge in [0.25, 0.3) is 0 Å². The maximum absolute atomic E-state index is 5.35. The Kier molecular flexibility index (Phi) is 4.34. The van der Waals surface area contributed by atoms with Gasteiger partial charge < -0.3 is 17.0 Å². The van der Waals surface area contributed by atoms with E-state index in [-0.39, 0.29) is 23.3 Å². The summed E-state index contributed by atoms with van der Waals surface area (Å²) in [5.74, 6) is 0. The molecule has 0 aromatic carbocycles. The molecule has 2 rings (SSSR count). The van der Waals surface area contributed by atoms with Crippen molar-refractivity contribution in [1.82, 2.24) is 0 Å². The summed E-state index contributed by atoms with van der Waals surface area (Å²) in [7, 11) is 0. The summed E-state index contributed by atoms with van der Waals surface area (Å²) in [5.41, 5.74) is 0. The normalized spacial score (nSPS) is 17.8. The van der Waals surface area contributed by atoms with E-state index in [2.05, 4.69) is 12.1 Å². The summed E-state index contributed by atoms with van der Waals surface area (Å²) in [6.45, 7) is 1.47. The van der Waals surface area contributed by atoms with Crippen molar-refractivity contribution in [3.05, 3.63) is 17.0 Å². The van der Waals surface area contributed by atoms with Gasteiger partial charge in [-0.25, -0.2) is 0 Å². The van der Waals surface area contributed by atoms with Gasteiger partial charge in [0.1, 0.15) is 0 Å². The fourth-order valence-electron chi connectivity index (χ4n) is 1.04. The van der Waals surface area contributed by atoms with Gasteiger partial charge >= 0.3 is 79.1 Å². The number of ether oxygens (including phenoxy) is 2. The molecule has 1 aromatic rings. The van der Waals surface area contributed by atoms with Crippen LogP contribution < -0.4 is 20.5 Å².